The number of hydrogen-bond acceptors (Lipinski definition) is 4. The first-order valence-electron chi connectivity index (χ1n) is 7.50. The van der Waals surface area contributed by atoms with Gasteiger partial charge in [-0.05, 0) is 18.2 Å². The van der Waals surface area contributed by atoms with Crippen LogP contribution in [-0.2, 0) is 11.3 Å². The lowest BCUT2D eigenvalue weighted by Gasteiger charge is -2.11. The Bertz CT molecular complexity index is 644. The minimum absolute atomic E-state index is 0.0537. The van der Waals surface area contributed by atoms with Crippen LogP contribution in [0.15, 0.2) is 48.5 Å². The van der Waals surface area contributed by atoms with Gasteiger partial charge in [0.25, 0.3) is 0 Å². The lowest BCUT2D eigenvalue weighted by Crippen LogP contribution is -2.21. The number of para-hydroxylation sites is 3. The Kier molecular flexibility index (Phi) is 6.44. The van der Waals surface area contributed by atoms with Gasteiger partial charge in [0, 0.05) is 25.1 Å². The van der Waals surface area contributed by atoms with Gasteiger partial charge in [-0.1, -0.05) is 30.3 Å². The molecule has 5 nitrogen and oxygen atoms in total. The predicted molar refractivity (Wildman–Crippen MR) is 90.9 cm³/mol. The third kappa shape index (κ3) is 5.00. The molecule has 0 saturated carbocycles. The molecule has 0 radical (unpaired) electrons. The minimum Gasteiger partial charge on any atom is -0.496 e. The molecule has 2 aromatic carbocycles. The maximum Gasteiger partial charge on any atom is 0.225 e. The Morgan fingerprint density at radius 3 is 2.35 bits per heavy atom. The summed E-state index contributed by atoms with van der Waals surface area (Å²) >= 11 is 0. The molecule has 0 spiro atoms. The van der Waals surface area contributed by atoms with Crippen LogP contribution in [0.4, 0.5) is 5.69 Å². The van der Waals surface area contributed by atoms with Crippen molar-refractivity contribution in [1.29, 1.82) is 0 Å². The van der Waals surface area contributed by atoms with Crippen molar-refractivity contribution in [3.8, 4) is 11.5 Å². The molecule has 0 aromatic heterocycles. The van der Waals surface area contributed by atoms with Crippen LogP contribution in [0.1, 0.15) is 12.0 Å². The largest absolute Gasteiger partial charge is 0.496 e. The molecule has 2 aromatic rings. The van der Waals surface area contributed by atoms with Gasteiger partial charge in [0.05, 0.1) is 19.9 Å². The zero-order chi connectivity index (χ0) is 16.5. The van der Waals surface area contributed by atoms with Crippen LogP contribution in [0, 0.1) is 0 Å². The van der Waals surface area contributed by atoms with Crippen LogP contribution in [0.5, 0.6) is 11.5 Å². The topological polar surface area (TPSA) is 59.6 Å². The van der Waals surface area contributed by atoms with E-state index in [-0.39, 0.29) is 5.91 Å². The van der Waals surface area contributed by atoms with Crippen LogP contribution in [-0.4, -0.2) is 26.7 Å². The maximum atomic E-state index is 12.0. The van der Waals surface area contributed by atoms with Crippen molar-refractivity contribution in [2.24, 2.45) is 0 Å². The van der Waals surface area contributed by atoms with E-state index < -0.39 is 0 Å². The van der Waals surface area contributed by atoms with Crippen molar-refractivity contribution < 1.29 is 14.3 Å². The van der Waals surface area contributed by atoms with E-state index in [4.69, 9.17) is 9.47 Å². The van der Waals surface area contributed by atoms with Gasteiger partial charge >= 0.3 is 0 Å². The van der Waals surface area contributed by atoms with Crippen molar-refractivity contribution in [3.05, 3.63) is 54.1 Å². The Hall–Kier alpha value is -2.53. The SMILES string of the molecule is COc1ccccc1CNCCC(=O)Nc1ccccc1OC. The molecule has 2 rings (SSSR count). The fourth-order valence-electron chi connectivity index (χ4n) is 2.23. The molecular formula is C18H22N2O3. The van der Waals surface area contributed by atoms with E-state index in [9.17, 15) is 4.79 Å². The molecule has 0 aliphatic carbocycles. The molecule has 0 unspecified atom stereocenters. The van der Waals surface area contributed by atoms with E-state index in [1.165, 1.54) is 0 Å². The molecule has 5 heteroatoms. The number of amides is 1. The molecule has 0 saturated heterocycles. The zero-order valence-electron chi connectivity index (χ0n) is 13.5. The van der Waals surface area contributed by atoms with Gasteiger partial charge in [-0.2, -0.15) is 0 Å². The van der Waals surface area contributed by atoms with Crippen LogP contribution >= 0.6 is 0 Å². The lowest BCUT2D eigenvalue weighted by molar-refractivity contribution is -0.116. The summed E-state index contributed by atoms with van der Waals surface area (Å²) in [4.78, 5) is 12.0. The summed E-state index contributed by atoms with van der Waals surface area (Å²) in [6, 6.07) is 15.2. The van der Waals surface area contributed by atoms with E-state index in [2.05, 4.69) is 10.6 Å². The molecule has 0 bridgehead atoms. The number of methoxy groups -OCH3 is 2. The van der Waals surface area contributed by atoms with Gasteiger partial charge in [-0.15, -0.1) is 0 Å². The summed E-state index contributed by atoms with van der Waals surface area (Å²) in [6.45, 7) is 1.24. The normalized spacial score (nSPS) is 10.2. The second-order valence-electron chi connectivity index (χ2n) is 4.99. The lowest BCUT2D eigenvalue weighted by atomic mass is 10.2. The summed E-state index contributed by atoms with van der Waals surface area (Å²) in [5, 5.41) is 6.10. The third-order valence-electron chi connectivity index (χ3n) is 3.42. The Balaban J connectivity index is 1.77. The molecule has 0 heterocycles. The first-order chi connectivity index (χ1) is 11.2. The molecule has 1 amide bonds. The van der Waals surface area contributed by atoms with Crippen molar-refractivity contribution >= 4 is 11.6 Å². The van der Waals surface area contributed by atoms with E-state index in [1.54, 1.807) is 14.2 Å². The highest BCUT2D eigenvalue weighted by molar-refractivity contribution is 5.92. The highest BCUT2D eigenvalue weighted by atomic mass is 16.5. The zero-order valence-corrected chi connectivity index (χ0v) is 13.5. The molecule has 0 atom stereocenters. The van der Waals surface area contributed by atoms with E-state index in [0.717, 1.165) is 11.3 Å². The number of nitrogens with one attached hydrogen (secondary N) is 2. The standard InChI is InChI=1S/C18H22N2O3/c1-22-16-9-5-3-7-14(16)13-19-12-11-18(21)20-15-8-4-6-10-17(15)23-2/h3-10,19H,11-13H2,1-2H3,(H,20,21). The molecule has 0 aliphatic rings. The highest BCUT2D eigenvalue weighted by Crippen LogP contribution is 2.23. The number of carbonyl (C=O) groups excluding carboxylic acids is 1. The maximum absolute atomic E-state index is 12.0. The predicted octanol–water partition coefficient (Wildman–Crippen LogP) is 2.82. The summed E-state index contributed by atoms with van der Waals surface area (Å²) in [5.74, 6) is 1.45. The van der Waals surface area contributed by atoms with E-state index >= 15 is 0 Å². The van der Waals surface area contributed by atoms with Gasteiger partial charge in [-0.25, -0.2) is 0 Å². The third-order valence-corrected chi connectivity index (χ3v) is 3.42. The van der Waals surface area contributed by atoms with Crippen LogP contribution in [0.25, 0.3) is 0 Å². The average Bonchev–Trinajstić information content (AvgIpc) is 2.59. The molecule has 23 heavy (non-hydrogen) atoms. The summed E-state index contributed by atoms with van der Waals surface area (Å²) in [5.41, 5.74) is 1.75. The Labute approximate surface area is 136 Å². The molecule has 2 N–H and O–H groups in total. The minimum atomic E-state index is -0.0537. The summed E-state index contributed by atoms with van der Waals surface area (Å²) < 4.78 is 10.5. The monoisotopic (exact) mass is 314 g/mol. The van der Waals surface area contributed by atoms with Crippen molar-refractivity contribution in [3.63, 3.8) is 0 Å². The van der Waals surface area contributed by atoms with Crippen LogP contribution in [0.3, 0.4) is 0 Å². The van der Waals surface area contributed by atoms with Gasteiger partial charge < -0.3 is 20.1 Å². The van der Waals surface area contributed by atoms with Gasteiger partial charge in [0.1, 0.15) is 11.5 Å². The number of benzene rings is 2. The summed E-state index contributed by atoms with van der Waals surface area (Å²) in [7, 11) is 3.24. The van der Waals surface area contributed by atoms with E-state index in [1.807, 2.05) is 48.5 Å². The number of rotatable bonds is 8. The van der Waals surface area contributed by atoms with Crippen molar-refractivity contribution in [2.45, 2.75) is 13.0 Å². The first-order valence-corrected chi connectivity index (χ1v) is 7.50. The molecule has 0 fully saturated rings. The molecule has 122 valence electrons. The Morgan fingerprint density at radius 1 is 0.957 bits per heavy atom. The van der Waals surface area contributed by atoms with Gasteiger partial charge in [-0.3, -0.25) is 4.79 Å². The molecular weight excluding hydrogens is 292 g/mol. The number of hydrogen-bond donors (Lipinski definition) is 2. The Morgan fingerprint density at radius 2 is 1.61 bits per heavy atom. The van der Waals surface area contributed by atoms with E-state index in [0.29, 0.717) is 30.9 Å². The quantitative estimate of drug-likeness (QED) is 0.736. The number of anilines is 1. The smallest absolute Gasteiger partial charge is 0.225 e. The fourth-order valence-corrected chi connectivity index (χ4v) is 2.23. The average molecular weight is 314 g/mol. The summed E-state index contributed by atoms with van der Waals surface area (Å²) in [6.07, 6.45) is 0.382. The van der Waals surface area contributed by atoms with Gasteiger partial charge in [0.15, 0.2) is 0 Å². The highest BCUT2D eigenvalue weighted by Gasteiger charge is 2.07. The second-order valence-corrected chi connectivity index (χ2v) is 4.99. The molecule has 0 aliphatic heterocycles. The van der Waals surface area contributed by atoms with Gasteiger partial charge in [0.2, 0.25) is 5.91 Å². The first kappa shape index (κ1) is 16.8. The van der Waals surface area contributed by atoms with Crippen LogP contribution < -0.4 is 20.1 Å². The van der Waals surface area contributed by atoms with Crippen molar-refractivity contribution in [1.82, 2.24) is 5.32 Å². The number of carbonyl (C=O) groups is 1. The fraction of sp³-hybridized carbons (Fsp3) is 0.278. The second kappa shape index (κ2) is 8.80. The van der Waals surface area contributed by atoms with Crippen LogP contribution in [0.2, 0.25) is 0 Å². The number of ether oxygens (including phenoxy) is 2. The van der Waals surface area contributed by atoms with Crippen molar-refractivity contribution in [2.75, 3.05) is 26.1 Å².